The fourth-order valence-electron chi connectivity index (χ4n) is 4.87. The Morgan fingerprint density at radius 1 is 1.07 bits per heavy atom. The maximum absolute atomic E-state index is 13.6. The summed E-state index contributed by atoms with van der Waals surface area (Å²) in [6, 6.07) is 14.8. The molecule has 4 aromatic rings. The molecule has 3 aromatic carbocycles. The first-order valence-electron chi connectivity index (χ1n) is 13.0. The van der Waals surface area contributed by atoms with E-state index >= 15 is 0 Å². The van der Waals surface area contributed by atoms with Crippen LogP contribution in [0.5, 0.6) is 11.5 Å². The summed E-state index contributed by atoms with van der Waals surface area (Å²) in [7, 11) is 1.54. The van der Waals surface area contributed by atoms with Crippen molar-refractivity contribution >= 4 is 55.7 Å². The van der Waals surface area contributed by atoms with Gasteiger partial charge in [0.05, 0.1) is 35.5 Å². The minimum absolute atomic E-state index is 0.0406. The number of halogens is 1. The molecule has 0 aliphatic carbocycles. The van der Waals surface area contributed by atoms with Crippen LogP contribution in [0.25, 0.3) is 16.0 Å². The van der Waals surface area contributed by atoms with Crippen molar-refractivity contribution in [2.75, 3.05) is 18.6 Å². The van der Waals surface area contributed by atoms with Gasteiger partial charge in [-0.05, 0) is 79.4 Å². The average molecular weight is 577 g/mol. The number of carbonyl (C=O) groups is 2. The fourth-order valence-corrected chi connectivity index (χ4v) is 6.16. The zero-order valence-electron chi connectivity index (χ0n) is 22.7. The number of aliphatic hydroxyl groups is 1. The van der Waals surface area contributed by atoms with Crippen molar-refractivity contribution in [1.29, 1.82) is 0 Å². The molecule has 2 heterocycles. The monoisotopic (exact) mass is 576 g/mol. The second-order valence-corrected chi connectivity index (χ2v) is 11.2. The maximum Gasteiger partial charge on any atom is 0.301 e. The third kappa shape index (κ3) is 5.05. The number of nitrogens with zero attached hydrogens (tertiary/aromatic N) is 2. The molecule has 1 amide bonds. The van der Waals surface area contributed by atoms with Crippen LogP contribution in [0.3, 0.4) is 0 Å². The minimum Gasteiger partial charge on any atom is -0.507 e. The minimum atomic E-state index is -0.948. The highest BCUT2D eigenvalue weighted by molar-refractivity contribution is 7.22. The summed E-state index contributed by atoms with van der Waals surface area (Å²) < 4.78 is 12.4. The highest BCUT2D eigenvalue weighted by atomic mass is 35.5. The molecular weight excluding hydrogens is 548 g/mol. The number of aryl methyl sites for hydroxylation is 2. The molecule has 1 saturated heterocycles. The van der Waals surface area contributed by atoms with Crippen LogP contribution >= 0.6 is 22.9 Å². The Bertz CT molecular complexity index is 1640. The Morgan fingerprint density at radius 2 is 1.82 bits per heavy atom. The van der Waals surface area contributed by atoms with Crippen molar-refractivity contribution in [3.63, 3.8) is 0 Å². The first-order valence-corrected chi connectivity index (χ1v) is 14.2. The standard InChI is InChI=1S/C31H29ClN2O5S/c1-5-6-13-39-22-12-9-20(16-23(22)38-4)27-25(28(35)19-7-10-21(32)11-8-19)29(36)30(37)34(27)31-33-26-18(3)14-17(2)15-24(26)40-31/h7-12,14-16,27,35H,5-6,13H2,1-4H3. The Morgan fingerprint density at radius 3 is 2.52 bits per heavy atom. The third-order valence-electron chi connectivity index (χ3n) is 6.85. The van der Waals surface area contributed by atoms with Crippen molar-refractivity contribution < 1.29 is 24.2 Å². The molecule has 0 bridgehead atoms. The smallest absolute Gasteiger partial charge is 0.301 e. The molecule has 1 atom stereocenters. The Labute approximate surface area is 241 Å². The second kappa shape index (κ2) is 11.3. The summed E-state index contributed by atoms with van der Waals surface area (Å²) in [5.41, 5.74) is 3.71. The topological polar surface area (TPSA) is 89.0 Å². The molecule has 1 aliphatic heterocycles. The number of aliphatic hydroxyl groups excluding tert-OH is 1. The summed E-state index contributed by atoms with van der Waals surface area (Å²) >= 11 is 7.38. The number of benzene rings is 3. The first-order chi connectivity index (χ1) is 19.2. The van der Waals surface area contributed by atoms with Gasteiger partial charge in [0.25, 0.3) is 5.78 Å². The van der Waals surface area contributed by atoms with Crippen molar-refractivity contribution in [2.45, 2.75) is 39.7 Å². The zero-order chi connectivity index (χ0) is 28.6. The number of Topliss-reactive ketones (excluding diaryl/α,β-unsaturated/α-hetero) is 1. The summed E-state index contributed by atoms with van der Waals surface area (Å²) in [5.74, 6) is -0.845. The quantitative estimate of drug-likeness (QED) is 0.102. The van der Waals surface area contributed by atoms with Crippen LogP contribution in [0.4, 0.5) is 5.13 Å². The summed E-state index contributed by atoms with van der Waals surface area (Å²) in [6.07, 6.45) is 1.88. The van der Waals surface area contributed by atoms with E-state index in [1.54, 1.807) is 42.5 Å². The van der Waals surface area contributed by atoms with E-state index in [1.807, 2.05) is 26.0 Å². The van der Waals surface area contributed by atoms with Gasteiger partial charge >= 0.3 is 5.91 Å². The molecule has 1 aromatic heterocycles. The molecule has 1 N–H and O–H groups in total. The molecule has 0 saturated carbocycles. The number of thiazole rings is 1. The average Bonchev–Trinajstić information content (AvgIpc) is 3.47. The van der Waals surface area contributed by atoms with Gasteiger partial charge < -0.3 is 14.6 Å². The summed E-state index contributed by atoms with van der Waals surface area (Å²) in [5, 5.41) is 12.3. The Kier molecular flexibility index (Phi) is 7.83. The van der Waals surface area contributed by atoms with Gasteiger partial charge in [0.1, 0.15) is 5.76 Å². The van der Waals surface area contributed by atoms with E-state index in [2.05, 4.69) is 6.92 Å². The normalized spacial score (nSPS) is 16.6. The third-order valence-corrected chi connectivity index (χ3v) is 8.10. The van der Waals surface area contributed by atoms with Crippen LogP contribution < -0.4 is 14.4 Å². The zero-order valence-corrected chi connectivity index (χ0v) is 24.2. The molecule has 0 radical (unpaired) electrons. The molecule has 206 valence electrons. The van der Waals surface area contributed by atoms with Crippen LogP contribution in [0.15, 0.2) is 60.2 Å². The van der Waals surface area contributed by atoms with Gasteiger partial charge in [-0.3, -0.25) is 14.5 Å². The molecule has 7 nitrogen and oxygen atoms in total. The Balaban J connectivity index is 1.70. The molecule has 1 aliphatic rings. The lowest BCUT2D eigenvalue weighted by atomic mass is 9.95. The molecule has 40 heavy (non-hydrogen) atoms. The van der Waals surface area contributed by atoms with Crippen molar-refractivity contribution in [3.8, 4) is 11.5 Å². The van der Waals surface area contributed by atoms with Gasteiger partial charge in [-0.15, -0.1) is 0 Å². The first kappa shape index (κ1) is 27.7. The van der Waals surface area contributed by atoms with Crippen LogP contribution in [-0.4, -0.2) is 35.5 Å². The Hall–Kier alpha value is -3.88. The van der Waals surface area contributed by atoms with E-state index in [9.17, 15) is 14.7 Å². The number of ketones is 1. The number of unbranched alkanes of at least 4 members (excludes halogenated alkanes) is 1. The number of hydrogen-bond acceptors (Lipinski definition) is 7. The number of hydrogen-bond donors (Lipinski definition) is 1. The van der Waals surface area contributed by atoms with Gasteiger partial charge in [0, 0.05) is 10.6 Å². The van der Waals surface area contributed by atoms with E-state index in [0.717, 1.165) is 34.2 Å². The van der Waals surface area contributed by atoms with E-state index in [-0.39, 0.29) is 11.3 Å². The molecule has 0 spiro atoms. The lowest BCUT2D eigenvalue weighted by molar-refractivity contribution is -0.132. The SMILES string of the molecule is CCCCOc1ccc(C2C(=C(O)c3ccc(Cl)cc3)C(=O)C(=O)N2c2nc3c(C)cc(C)cc3s2)cc1OC. The van der Waals surface area contributed by atoms with Gasteiger partial charge in [-0.1, -0.05) is 48.4 Å². The van der Waals surface area contributed by atoms with E-state index in [4.69, 9.17) is 26.1 Å². The molecule has 1 unspecified atom stereocenters. The molecule has 1 fully saturated rings. The highest BCUT2D eigenvalue weighted by Crippen LogP contribution is 2.46. The lowest BCUT2D eigenvalue weighted by Crippen LogP contribution is -2.29. The predicted octanol–water partition coefficient (Wildman–Crippen LogP) is 7.38. The van der Waals surface area contributed by atoms with Crippen LogP contribution in [0.1, 0.15) is 48.1 Å². The van der Waals surface area contributed by atoms with Crippen molar-refractivity contribution in [2.24, 2.45) is 0 Å². The number of carbonyl (C=O) groups excluding carboxylic acids is 2. The van der Waals surface area contributed by atoms with Crippen LogP contribution in [0, 0.1) is 13.8 Å². The highest BCUT2D eigenvalue weighted by Gasteiger charge is 2.48. The van der Waals surface area contributed by atoms with Crippen molar-refractivity contribution in [3.05, 3.63) is 87.4 Å². The fraction of sp³-hybridized carbons (Fsp3) is 0.258. The van der Waals surface area contributed by atoms with Crippen LogP contribution in [-0.2, 0) is 9.59 Å². The largest absolute Gasteiger partial charge is 0.507 e. The van der Waals surface area contributed by atoms with Gasteiger partial charge in [-0.2, -0.15) is 0 Å². The van der Waals surface area contributed by atoms with Gasteiger partial charge in [0.2, 0.25) is 0 Å². The number of methoxy groups -OCH3 is 1. The van der Waals surface area contributed by atoms with Crippen molar-refractivity contribution in [1.82, 2.24) is 4.98 Å². The number of rotatable bonds is 8. The second-order valence-electron chi connectivity index (χ2n) is 9.71. The molecule has 5 rings (SSSR count). The summed E-state index contributed by atoms with van der Waals surface area (Å²) in [4.78, 5) is 33.4. The molecular formula is C31H29ClN2O5S. The number of anilines is 1. The van der Waals surface area contributed by atoms with Gasteiger partial charge in [0.15, 0.2) is 16.6 Å². The number of amides is 1. The molecule has 9 heteroatoms. The maximum atomic E-state index is 13.6. The number of ether oxygens (including phenoxy) is 2. The van der Waals surface area contributed by atoms with E-state index in [1.165, 1.54) is 23.3 Å². The number of aromatic nitrogens is 1. The predicted molar refractivity (Wildman–Crippen MR) is 159 cm³/mol. The number of fused-ring (bicyclic) bond motifs is 1. The summed E-state index contributed by atoms with van der Waals surface area (Å²) in [6.45, 7) is 6.58. The van der Waals surface area contributed by atoms with E-state index in [0.29, 0.717) is 39.4 Å². The van der Waals surface area contributed by atoms with E-state index < -0.39 is 17.7 Å². The lowest BCUT2D eigenvalue weighted by Gasteiger charge is -2.24. The van der Waals surface area contributed by atoms with Gasteiger partial charge in [-0.25, -0.2) is 4.98 Å². The van der Waals surface area contributed by atoms with Crippen LogP contribution in [0.2, 0.25) is 5.02 Å².